The lowest BCUT2D eigenvalue weighted by Gasteiger charge is -2.24. The molecule has 2 amide bonds. The van der Waals surface area contributed by atoms with Crippen LogP contribution in [0.4, 0.5) is 21.9 Å². The molecule has 0 spiro atoms. The number of nitrogens with two attached hydrogens (primary N) is 1. The van der Waals surface area contributed by atoms with Crippen molar-refractivity contribution in [3.05, 3.63) is 48.5 Å². The Morgan fingerprint density at radius 1 is 1.30 bits per heavy atom. The Hall–Kier alpha value is -3.05. The van der Waals surface area contributed by atoms with Crippen LogP contribution in [0.25, 0.3) is 0 Å². The van der Waals surface area contributed by atoms with Crippen LogP contribution in [-0.2, 0) is 15.6 Å². The predicted molar refractivity (Wildman–Crippen MR) is 87.0 cm³/mol. The van der Waals surface area contributed by atoms with Gasteiger partial charge in [-0.15, -0.1) is 5.26 Å². The van der Waals surface area contributed by atoms with Crippen LogP contribution in [0.15, 0.2) is 53.4 Å². The summed E-state index contributed by atoms with van der Waals surface area (Å²) in [6.07, 6.45) is 2.89. The number of benzene rings is 2. The summed E-state index contributed by atoms with van der Waals surface area (Å²) in [5.41, 5.74) is 9.13. The molecule has 23 heavy (non-hydrogen) atoms. The van der Waals surface area contributed by atoms with E-state index in [0.29, 0.717) is 22.0 Å². The number of carbonyl (C=O) groups excluding carboxylic acids is 1. The molecule has 8 heteroatoms. The molecule has 118 valence electrons. The molecule has 0 bridgehead atoms. The molecule has 0 aliphatic rings. The van der Waals surface area contributed by atoms with Crippen LogP contribution in [0, 0.1) is 11.5 Å². The summed E-state index contributed by atoms with van der Waals surface area (Å²) in [7, 11) is -1.24. The molecule has 0 aliphatic carbocycles. The number of nitrogens with one attached hydrogen (secondary N) is 1. The molecule has 0 saturated carbocycles. The van der Waals surface area contributed by atoms with E-state index in [9.17, 15) is 9.00 Å². The minimum absolute atomic E-state index is 0.315. The minimum Gasteiger partial charge on any atom is -0.397 e. The number of amides is 2. The van der Waals surface area contributed by atoms with Crippen molar-refractivity contribution in [2.24, 2.45) is 0 Å². The molecule has 7 nitrogen and oxygen atoms in total. The lowest BCUT2D eigenvalue weighted by atomic mass is 10.2. The molecule has 0 heterocycles. The van der Waals surface area contributed by atoms with Crippen molar-refractivity contribution >= 4 is 33.9 Å². The maximum absolute atomic E-state index is 12.3. The number of para-hydroxylation sites is 1. The van der Waals surface area contributed by atoms with Crippen molar-refractivity contribution < 1.29 is 13.8 Å². The number of nitrogens with zero attached hydrogens (tertiary/aromatic N) is 2. The van der Waals surface area contributed by atoms with Crippen molar-refractivity contribution in [3.63, 3.8) is 0 Å². The zero-order valence-electron chi connectivity index (χ0n) is 12.2. The SMILES string of the molecule is CS(=O)c1ccc(N)c(N(C(=O)NOC#N)c2ccccc2)c1. The van der Waals surface area contributed by atoms with E-state index in [-0.39, 0.29) is 0 Å². The second-order valence-electron chi connectivity index (χ2n) is 4.45. The van der Waals surface area contributed by atoms with Gasteiger partial charge in [-0.1, -0.05) is 18.2 Å². The number of nitrogen functional groups attached to an aromatic ring is 1. The number of anilines is 3. The van der Waals surface area contributed by atoms with Crippen molar-refractivity contribution in [1.82, 2.24) is 5.48 Å². The lowest BCUT2D eigenvalue weighted by molar-refractivity contribution is 0.159. The summed E-state index contributed by atoms with van der Waals surface area (Å²) in [6, 6.07) is 12.7. The molecule has 1 unspecified atom stereocenters. The van der Waals surface area contributed by atoms with Gasteiger partial charge in [0.15, 0.2) is 0 Å². The zero-order chi connectivity index (χ0) is 16.8. The summed E-state index contributed by atoms with van der Waals surface area (Å²) in [5.74, 6) is 0. The predicted octanol–water partition coefficient (Wildman–Crippen LogP) is 2.27. The Labute approximate surface area is 135 Å². The molecular weight excluding hydrogens is 316 g/mol. The normalized spacial score (nSPS) is 11.1. The van der Waals surface area contributed by atoms with Crippen molar-refractivity contribution in [2.75, 3.05) is 16.9 Å². The monoisotopic (exact) mass is 330 g/mol. The van der Waals surface area contributed by atoms with Gasteiger partial charge in [-0.05, 0) is 30.3 Å². The van der Waals surface area contributed by atoms with Crippen LogP contribution in [0.1, 0.15) is 0 Å². The van der Waals surface area contributed by atoms with Gasteiger partial charge >= 0.3 is 12.3 Å². The van der Waals surface area contributed by atoms with Gasteiger partial charge in [0.2, 0.25) is 0 Å². The fourth-order valence-electron chi connectivity index (χ4n) is 1.95. The second kappa shape index (κ2) is 7.29. The Kier molecular flexibility index (Phi) is 5.17. The third-order valence-corrected chi connectivity index (χ3v) is 3.89. The maximum Gasteiger partial charge on any atom is 0.360 e. The Bertz CT molecular complexity index is 774. The van der Waals surface area contributed by atoms with Crippen LogP contribution in [0.5, 0.6) is 0 Å². The van der Waals surface area contributed by atoms with E-state index in [1.165, 1.54) is 17.4 Å². The highest BCUT2D eigenvalue weighted by molar-refractivity contribution is 7.84. The molecule has 0 aliphatic heterocycles. The minimum atomic E-state index is -1.24. The summed E-state index contributed by atoms with van der Waals surface area (Å²) in [4.78, 5) is 18.4. The highest BCUT2D eigenvalue weighted by Gasteiger charge is 2.21. The van der Waals surface area contributed by atoms with E-state index in [2.05, 4.69) is 4.84 Å². The molecule has 2 rings (SSSR count). The maximum atomic E-state index is 12.3. The first-order valence-corrected chi connectivity index (χ1v) is 8.03. The molecule has 1 atom stereocenters. The number of hydrogen-bond donors (Lipinski definition) is 2. The van der Waals surface area contributed by atoms with E-state index in [1.807, 2.05) is 5.48 Å². The van der Waals surface area contributed by atoms with Gasteiger partial charge in [-0.2, -0.15) is 5.48 Å². The van der Waals surface area contributed by atoms with Crippen LogP contribution in [-0.4, -0.2) is 16.5 Å². The molecule has 0 aromatic heterocycles. The number of hydroxylamine groups is 1. The van der Waals surface area contributed by atoms with E-state index >= 15 is 0 Å². The molecule has 0 fully saturated rings. The first kappa shape index (κ1) is 16.3. The highest BCUT2D eigenvalue weighted by atomic mass is 32.2. The van der Waals surface area contributed by atoms with Gasteiger partial charge in [-0.3, -0.25) is 13.9 Å². The summed E-state index contributed by atoms with van der Waals surface area (Å²) in [6.45, 7) is 0. The summed E-state index contributed by atoms with van der Waals surface area (Å²) >= 11 is 0. The Morgan fingerprint density at radius 2 is 2.00 bits per heavy atom. The Balaban J connectivity index is 2.54. The van der Waals surface area contributed by atoms with Gasteiger partial charge < -0.3 is 5.73 Å². The fraction of sp³-hybridized carbons (Fsp3) is 0.0667. The molecule has 2 aromatic carbocycles. The van der Waals surface area contributed by atoms with Crippen molar-refractivity contribution in [1.29, 1.82) is 5.26 Å². The summed E-state index contributed by atoms with van der Waals surface area (Å²) < 4.78 is 11.7. The van der Waals surface area contributed by atoms with Crippen LogP contribution in [0.2, 0.25) is 0 Å². The van der Waals surface area contributed by atoms with Gasteiger partial charge in [0, 0.05) is 22.0 Å². The van der Waals surface area contributed by atoms with Gasteiger partial charge in [-0.25, -0.2) is 4.79 Å². The van der Waals surface area contributed by atoms with Crippen LogP contribution in [0.3, 0.4) is 0 Å². The number of carbonyl (C=O) groups is 1. The molecule has 3 N–H and O–H groups in total. The molecule has 0 radical (unpaired) electrons. The highest BCUT2D eigenvalue weighted by Crippen LogP contribution is 2.32. The first-order chi connectivity index (χ1) is 11.0. The molecule has 0 saturated heterocycles. The van der Waals surface area contributed by atoms with Crippen molar-refractivity contribution in [3.8, 4) is 6.26 Å². The van der Waals surface area contributed by atoms with Crippen molar-refractivity contribution in [2.45, 2.75) is 4.90 Å². The number of hydrogen-bond acceptors (Lipinski definition) is 5. The average molecular weight is 330 g/mol. The fourth-order valence-corrected chi connectivity index (χ4v) is 2.49. The van der Waals surface area contributed by atoms with Gasteiger partial charge in [0.1, 0.15) is 0 Å². The second-order valence-corrected chi connectivity index (χ2v) is 5.83. The largest absolute Gasteiger partial charge is 0.397 e. The van der Waals surface area contributed by atoms with E-state index in [4.69, 9.17) is 11.0 Å². The topological polar surface area (TPSA) is 108 Å². The lowest BCUT2D eigenvalue weighted by Crippen LogP contribution is -2.36. The molecule has 2 aromatic rings. The number of urea groups is 1. The van der Waals surface area contributed by atoms with Gasteiger partial charge in [0.05, 0.1) is 17.1 Å². The Morgan fingerprint density at radius 3 is 2.61 bits per heavy atom. The molecular formula is C15H14N4O3S. The van der Waals surface area contributed by atoms with Crippen LogP contribution >= 0.6 is 0 Å². The number of nitriles is 1. The standard InChI is InChI=1S/C15H14N4O3S/c1-23(21)12-7-8-13(17)14(9-12)19(15(20)18-22-10-16)11-5-3-2-4-6-11/h2-9H,17H2,1H3,(H,18,20). The average Bonchev–Trinajstić information content (AvgIpc) is 2.55. The zero-order valence-corrected chi connectivity index (χ0v) is 13.0. The third-order valence-electron chi connectivity index (χ3n) is 2.98. The quantitative estimate of drug-likeness (QED) is 0.508. The third kappa shape index (κ3) is 3.78. The van der Waals surface area contributed by atoms with E-state index in [0.717, 1.165) is 0 Å². The first-order valence-electron chi connectivity index (χ1n) is 6.47. The van der Waals surface area contributed by atoms with Gasteiger partial charge in [0.25, 0.3) is 0 Å². The van der Waals surface area contributed by atoms with E-state index < -0.39 is 16.8 Å². The summed E-state index contributed by atoms with van der Waals surface area (Å²) in [5, 5.41) is 8.44. The van der Waals surface area contributed by atoms with Crippen LogP contribution < -0.4 is 16.1 Å². The smallest absolute Gasteiger partial charge is 0.360 e. The van der Waals surface area contributed by atoms with E-state index in [1.54, 1.807) is 48.5 Å². The number of rotatable bonds is 4.